The highest BCUT2D eigenvalue weighted by Crippen LogP contribution is 2.67. The molecule has 0 N–H and O–H groups in total. The molecule has 3 rings (SSSR count). The molecule has 1 aromatic carbocycles. The molecule has 21 heavy (non-hydrogen) atoms. The minimum atomic E-state index is -3.63. The van der Waals surface area contributed by atoms with E-state index < -0.39 is 9.05 Å². The molecule has 0 aromatic heterocycles. The number of fused-ring (bicyclic) bond motifs is 2. The summed E-state index contributed by atoms with van der Waals surface area (Å²) < 4.78 is 22.5. The highest BCUT2D eigenvalue weighted by atomic mass is 35.7. The minimum Gasteiger partial charge on any atom is -0.207 e. The lowest BCUT2D eigenvalue weighted by atomic mass is 9.71. The van der Waals surface area contributed by atoms with Gasteiger partial charge in [0.2, 0.25) is 0 Å². The van der Waals surface area contributed by atoms with Crippen molar-refractivity contribution < 1.29 is 8.42 Å². The third kappa shape index (κ3) is 2.35. The SMILES string of the molecule is CC12CCC(/C(=C\c3ccc(S(=O)(=O)Cl)cc3)C1)C2(C)C. The van der Waals surface area contributed by atoms with Crippen LogP contribution in [0.15, 0.2) is 34.7 Å². The number of allylic oxidation sites excluding steroid dienone is 1. The summed E-state index contributed by atoms with van der Waals surface area (Å²) in [5, 5.41) is 0. The molecule has 2 nitrogen and oxygen atoms in total. The fourth-order valence-corrected chi connectivity index (χ4v) is 4.97. The van der Waals surface area contributed by atoms with Crippen molar-refractivity contribution in [2.45, 2.75) is 44.9 Å². The molecule has 2 fully saturated rings. The minimum absolute atomic E-state index is 0.159. The van der Waals surface area contributed by atoms with Gasteiger partial charge >= 0.3 is 0 Å². The summed E-state index contributed by atoms with van der Waals surface area (Å²) in [5.74, 6) is 0.652. The maximum atomic E-state index is 11.3. The normalized spacial score (nSPS) is 32.8. The number of halogens is 1. The molecule has 0 radical (unpaired) electrons. The van der Waals surface area contributed by atoms with E-state index in [1.165, 1.54) is 18.4 Å². The highest BCUT2D eigenvalue weighted by molar-refractivity contribution is 8.13. The van der Waals surface area contributed by atoms with Gasteiger partial charge in [0.25, 0.3) is 9.05 Å². The van der Waals surface area contributed by atoms with Gasteiger partial charge in [0.15, 0.2) is 0 Å². The molecular formula is C17H21ClO2S. The first-order valence-electron chi connectivity index (χ1n) is 7.39. The average Bonchev–Trinajstić information content (AvgIpc) is 2.70. The Morgan fingerprint density at radius 2 is 1.81 bits per heavy atom. The molecule has 2 atom stereocenters. The molecule has 114 valence electrons. The largest absolute Gasteiger partial charge is 0.261 e. The first-order valence-corrected chi connectivity index (χ1v) is 9.70. The molecule has 2 aliphatic rings. The lowest BCUT2D eigenvalue weighted by Crippen LogP contribution is -2.26. The van der Waals surface area contributed by atoms with Crippen LogP contribution in [0.3, 0.4) is 0 Å². The van der Waals surface area contributed by atoms with Gasteiger partial charge in [0, 0.05) is 10.7 Å². The molecule has 1 aromatic rings. The van der Waals surface area contributed by atoms with Gasteiger partial charge in [-0.3, -0.25) is 0 Å². The first-order chi connectivity index (χ1) is 9.63. The van der Waals surface area contributed by atoms with Gasteiger partial charge in [-0.05, 0) is 53.7 Å². The van der Waals surface area contributed by atoms with Crippen LogP contribution in [0, 0.1) is 16.7 Å². The quantitative estimate of drug-likeness (QED) is 0.729. The lowest BCUT2D eigenvalue weighted by molar-refractivity contribution is 0.152. The predicted octanol–water partition coefficient (Wildman–Crippen LogP) is 4.84. The molecule has 2 saturated carbocycles. The van der Waals surface area contributed by atoms with E-state index in [2.05, 4.69) is 26.8 Å². The standard InChI is InChI=1S/C17H21ClO2S/c1-16(2)15-8-9-17(16,3)11-13(15)10-12-4-6-14(7-5-12)21(18,19)20/h4-7,10,15H,8-9,11H2,1-3H3/b13-10-. The van der Waals surface area contributed by atoms with Crippen LogP contribution in [0.1, 0.15) is 45.6 Å². The molecule has 0 amide bonds. The third-order valence-corrected chi connectivity index (χ3v) is 7.34. The van der Waals surface area contributed by atoms with Crippen molar-refractivity contribution in [3.63, 3.8) is 0 Å². The average molecular weight is 325 g/mol. The summed E-state index contributed by atoms with van der Waals surface area (Å²) in [6, 6.07) is 6.83. The van der Waals surface area contributed by atoms with Crippen molar-refractivity contribution in [3.05, 3.63) is 35.4 Å². The zero-order valence-electron chi connectivity index (χ0n) is 12.7. The Labute approximate surface area is 131 Å². The van der Waals surface area contributed by atoms with E-state index in [0.717, 1.165) is 12.0 Å². The topological polar surface area (TPSA) is 34.1 Å². The first kappa shape index (κ1) is 15.1. The Hall–Kier alpha value is -0.800. The van der Waals surface area contributed by atoms with Gasteiger partial charge in [-0.2, -0.15) is 0 Å². The van der Waals surface area contributed by atoms with Crippen molar-refractivity contribution in [2.75, 3.05) is 0 Å². The van der Waals surface area contributed by atoms with Crippen LogP contribution in [0.25, 0.3) is 6.08 Å². The second-order valence-electron chi connectivity index (χ2n) is 7.28. The van der Waals surface area contributed by atoms with Crippen LogP contribution >= 0.6 is 10.7 Å². The van der Waals surface area contributed by atoms with E-state index in [4.69, 9.17) is 10.7 Å². The van der Waals surface area contributed by atoms with E-state index in [-0.39, 0.29) is 4.90 Å². The van der Waals surface area contributed by atoms with E-state index in [1.807, 2.05) is 12.1 Å². The maximum Gasteiger partial charge on any atom is 0.261 e. The predicted molar refractivity (Wildman–Crippen MR) is 86.7 cm³/mol. The van der Waals surface area contributed by atoms with Crippen LogP contribution in [0.5, 0.6) is 0 Å². The molecule has 0 aliphatic heterocycles. The van der Waals surface area contributed by atoms with Crippen molar-refractivity contribution in [3.8, 4) is 0 Å². The number of hydrogen-bond donors (Lipinski definition) is 0. The highest BCUT2D eigenvalue weighted by Gasteiger charge is 2.58. The molecule has 0 saturated heterocycles. The molecule has 2 bridgehead atoms. The summed E-state index contributed by atoms with van der Waals surface area (Å²) >= 11 is 0. The van der Waals surface area contributed by atoms with Gasteiger partial charge in [-0.15, -0.1) is 0 Å². The monoisotopic (exact) mass is 324 g/mol. The molecule has 2 unspecified atom stereocenters. The van der Waals surface area contributed by atoms with Crippen LogP contribution < -0.4 is 0 Å². The Balaban J connectivity index is 1.91. The number of hydrogen-bond acceptors (Lipinski definition) is 2. The Kier molecular flexibility index (Phi) is 3.31. The Morgan fingerprint density at radius 1 is 1.19 bits per heavy atom. The summed E-state index contributed by atoms with van der Waals surface area (Å²) in [6.07, 6.45) is 5.97. The van der Waals surface area contributed by atoms with Gasteiger partial charge in [-0.25, -0.2) is 8.42 Å². The molecule has 2 aliphatic carbocycles. The fourth-order valence-electron chi connectivity index (χ4n) is 4.20. The Morgan fingerprint density at radius 3 is 2.24 bits per heavy atom. The van der Waals surface area contributed by atoms with E-state index in [0.29, 0.717) is 16.7 Å². The lowest BCUT2D eigenvalue weighted by Gasteiger charge is -2.33. The summed E-state index contributed by atoms with van der Waals surface area (Å²) in [4.78, 5) is 0.159. The molecular weight excluding hydrogens is 304 g/mol. The van der Waals surface area contributed by atoms with Crippen LogP contribution in [-0.4, -0.2) is 8.42 Å². The van der Waals surface area contributed by atoms with E-state index in [9.17, 15) is 8.42 Å². The summed E-state index contributed by atoms with van der Waals surface area (Å²) in [6.45, 7) is 7.17. The summed E-state index contributed by atoms with van der Waals surface area (Å²) in [7, 11) is 1.71. The Bertz CT molecular complexity index is 698. The van der Waals surface area contributed by atoms with Crippen molar-refractivity contribution in [2.24, 2.45) is 16.7 Å². The van der Waals surface area contributed by atoms with Crippen molar-refractivity contribution in [1.82, 2.24) is 0 Å². The molecule has 0 heterocycles. The zero-order chi connectivity index (χ0) is 15.5. The molecule has 4 heteroatoms. The van der Waals surface area contributed by atoms with E-state index in [1.54, 1.807) is 12.1 Å². The van der Waals surface area contributed by atoms with E-state index >= 15 is 0 Å². The van der Waals surface area contributed by atoms with Crippen LogP contribution in [-0.2, 0) is 9.05 Å². The van der Waals surface area contributed by atoms with Gasteiger partial charge < -0.3 is 0 Å². The molecule has 0 spiro atoms. The second kappa shape index (κ2) is 4.60. The second-order valence-corrected chi connectivity index (χ2v) is 9.84. The number of rotatable bonds is 2. The third-order valence-electron chi connectivity index (χ3n) is 5.97. The van der Waals surface area contributed by atoms with Crippen LogP contribution in [0.4, 0.5) is 0 Å². The fraction of sp³-hybridized carbons (Fsp3) is 0.529. The van der Waals surface area contributed by atoms with Gasteiger partial charge in [-0.1, -0.05) is 44.6 Å². The van der Waals surface area contributed by atoms with Crippen molar-refractivity contribution >= 4 is 25.8 Å². The summed E-state index contributed by atoms with van der Waals surface area (Å²) in [5.41, 5.74) is 3.33. The smallest absolute Gasteiger partial charge is 0.207 e. The van der Waals surface area contributed by atoms with Gasteiger partial charge in [0.05, 0.1) is 4.90 Å². The van der Waals surface area contributed by atoms with Crippen molar-refractivity contribution in [1.29, 1.82) is 0 Å². The van der Waals surface area contributed by atoms with Crippen LogP contribution in [0.2, 0.25) is 0 Å². The zero-order valence-corrected chi connectivity index (χ0v) is 14.3. The van der Waals surface area contributed by atoms with Gasteiger partial charge in [0.1, 0.15) is 0 Å². The maximum absolute atomic E-state index is 11.3. The number of benzene rings is 1.